The van der Waals surface area contributed by atoms with Gasteiger partial charge in [0.25, 0.3) is 0 Å². The van der Waals surface area contributed by atoms with E-state index < -0.39 is 18.3 Å². The third kappa shape index (κ3) is 2.96. The number of rotatable bonds is 3. The van der Waals surface area contributed by atoms with E-state index in [-0.39, 0.29) is 0 Å². The Hall–Kier alpha value is -1.57. The van der Waals surface area contributed by atoms with Crippen LogP contribution < -0.4 is 10.8 Å². The summed E-state index contributed by atoms with van der Waals surface area (Å²) in [5, 5.41) is 7.84. The summed E-state index contributed by atoms with van der Waals surface area (Å²) in [6.07, 6.45) is 3.31. The lowest BCUT2D eigenvalue weighted by molar-refractivity contribution is 0.00578. The Morgan fingerprint density at radius 3 is 2.43 bits per heavy atom. The molecule has 1 N–H and O–H groups in total. The van der Waals surface area contributed by atoms with Crippen molar-refractivity contribution in [3.05, 3.63) is 29.5 Å². The van der Waals surface area contributed by atoms with Crippen molar-refractivity contribution in [2.45, 2.75) is 38.9 Å². The number of anilines is 2. The minimum absolute atomic E-state index is 0.417. The Balaban J connectivity index is 1.89. The van der Waals surface area contributed by atoms with Gasteiger partial charge in [-0.15, -0.1) is 0 Å². The van der Waals surface area contributed by atoms with Gasteiger partial charge in [-0.2, -0.15) is 5.10 Å². The second kappa shape index (κ2) is 5.51. The molecule has 0 atom stereocenters. The number of aromatic nitrogens is 3. The molecule has 122 valence electrons. The summed E-state index contributed by atoms with van der Waals surface area (Å²) in [5.74, 6) is 1.49. The summed E-state index contributed by atoms with van der Waals surface area (Å²) in [4.78, 5) is 4.30. The van der Waals surface area contributed by atoms with Crippen LogP contribution in [0.4, 0.5) is 11.6 Å². The minimum Gasteiger partial charge on any atom is -0.399 e. The molecular weight excluding hydrogens is 314 g/mol. The molecule has 1 aliphatic rings. The fraction of sp³-hybridized carbons (Fsp3) is 0.467. The average molecular weight is 335 g/mol. The molecule has 3 rings (SSSR count). The van der Waals surface area contributed by atoms with E-state index >= 15 is 0 Å². The first-order valence-corrected chi connectivity index (χ1v) is 7.83. The molecule has 1 fully saturated rings. The molecule has 1 saturated heterocycles. The van der Waals surface area contributed by atoms with Crippen molar-refractivity contribution in [1.29, 1.82) is 0 Å². The van der Waals surface area contributed by atoms with Crippen molar-refractivity contribution in [2.24, 2.45) is 7.05 Å². The molecule has 0 aliphatic carbocycles. The van der Waals surface area contributed by atoms with E-state index in [0.717, 1.165) is 11.3 Å². The molecule has 0 radical (unpaired) electrons. The van der Waals surface area contributed by atoms with Gasteiger partial charge in [0.2, 0.25) is 0 Å². The van der Waals surface area contributed by atoms with Crippen molar-refractivity contribution in [3.8, 4) is 0 Å². The van der Waals surface area contributed by atoms with Crippen LogP contribution in [0.1, 0.15) is 27.7 Å². The summed E-state index contributed by atoms with van der Waals surface area (Å²) in [7, 11) is 1.33. The highest BCUT2D eigenvalue weighted by Crippen LogP contribution is 2.37. The highest BCUT2D eigenvalue weighted by molar-refractivity contribution is 6.65. The first kappa shape index (κ1) is 16.3. The fourth-order valence-corrected chi connectivity index (χ4v) is 2.49. The van der Waals surface area contributed by atoms with Crippen molar-refractivity contribution in [3.63, 3.8) is 0 Å². The molecule has 6 nitrogen and oxygen atoms in total. The highest BCUT2D eigenvalue weighted by Gasteiger charge is 2.52. The number of nitrogens with one attached hydrogen (secondary N) is 1. The van der Waals surface area contributed by atoms with Crippen molar-refractivity contribution in [2.75, 3.05) is 5.32 Å². The normalized spacial score (nSPS) is 19.1. The van der Waals surface area contributed by atoms with Gasteiger partial charge in [-0.1, -0.05) is 11.6 Å². The van der Waals surface area contributed by atoms with Crippen LogP contribution in [0.2, 0.25) is 5.02 Å². The lowest BCUT2D eigenvalue weighted by Gasteiger charge is -2.32. The highest BCUT2D eigenvalue weighted by atomic mass is 35.5. The Bertz CT molecular complexity index is 716. The molecule has 0 bridgehead atoms. The van der Waals surface area contributed by atoms with Crippen LogP contribution >= 0.6 is 11.6 Å². The van der Waals surface area contributed by atoms with Crippen LogP contribution in [0.5, 0.6) is 0 Å². The van der Waals surface area contributed by atoms with E-state index in [1.165, 1.54) is 0 Å². The summed E-state index contributed by atoms with van der Waals surface area (Å²) in [6, 6.07) is 3.71. The molecule has 0 saturated carbocycles. The van der Waals surface area contributed by atoms with Gasteiger partial charge >= 0.3 is 7.12 Å². The molecular formula is C15H20BClN4O2. The molecule has 23 heavy (non-hydrogen) atoms. The van der Waals surface area contributed by atoms with E-state index in [9.17, 15) is 0 Å². The molecule has 2 aromatic rings. The van der Waals surface area contributed by atoms with E-state index in [1.807, 2.05) is 46.9 Å². The third-order valence-electron chi connectivity index (χ3n) is 4.47. The largest absolute Gasteiger partial charge is 0.496 e. The van der Waals surface area contributed by atoms with E-state index in [0.29, 0.717) is 10.8 Å². The zero-order valence-electron chi connectivity index (χ0n) is 13.9. The van der Waals surface area contributed by atoms with Crippen LogP contribution in [0.25, 0.3) is 0 Å². The Morgan fingerprint density at radius 1 is 1.22 bits per heavy atom. The topological polar surface area (TPSA) is 61.2 Å². The van der Waals surface area contributed by atoms with Gasteiger partial charge in [-0.3, -0.25) is 4.68 Å². The number of hydrogen-bond acceptors (Lipinski definition) is 5. The SMILES string of the molecule is Cn1nccc1Nc1cc(B2OC(C)(C)C(C)(C)O2)c(Cl)cn1. The Morgan fingerprint density at radius 2 is 1.87 bits per heavy atom. The maximum atomic E-state index is 6.31. The maximum absolute atomic E-state index is 6.31. The molecule has 0 unspecified atom stereocenters. The number of hydrogen-bond donors (Lipinski definition) is 1. The monoisotopic (exact) mass is 334 g/mol. The van der Waals surface area contributed by atoms with Crippen LogP contribution in [0, 0.1) is 0 Å². The molecule has 8 heteroatoms. The predicted octanol–water partition coefficient (Wildman–Crippen LogP) is 2.51. The van der Waals surface area contributed by atoms with Gasteiger partial charge in [0.1, 0.15) is 11.6 Å². The number of pyridine rings is 1. The van der Waals surface area contributed by atoms with Gasteiger partial charge in [-0.25, -0.2) is 4.98 Å². The number of nitrogens with zero attached hydrogens (tertiary/aromatic N) is 3. The van der Waals surface area contributed by atoms with E-state index in [4.69, 9.17) is 20.9 Å². The Kier molecular flexibility index (Phi) is 3.90. The minimum atomic E-state index is -0.525. The van der Waals surface area contributed by atoms with Crippen LogP contribution in [-0.4, -0.2) is 33.1 Å². The molecule has 1 aliphatic heterocycles. The summed E-state index contributed by atoms with van der Waals surface area (Å²) in [6.45, 7) is 8.04. The van der Waals surface area contributed by atoms with Crippen LogP contribution in [-0.2, 0) is 16.4 Å². The van der Waals surface area contributed by atoms with Gasteiger partial charge < -0.3 is 14.6 Å². The van der Waals surface area contributed by atoms with Crippen molar-refractivity contribution < 1.29 is 9.31 Å². The molecule has 0 amide bonds. The van der Waals surface area contributed by atoms with Gasteiger partial charge in [0.05, 0.1) is 22.4 Å². The van der Waals surface area contributed by atoms with Crippen molar-refractivity contribution >= 4 is 35.8 Å². The smallest absolute Gasteiger partial charge is 0.399 e. The van der Waals surface area contributed by atoms with Gasteiger partial charge in [-0.05, 0) is 33.8 Å². The second-order valence-electron chi connectivity index (χ2n) is 6.64. The van der Waals surface area contributed by atoms with E-state index in [2.05, 4.69) is 15.4 Å². The van der Waals surface area contributed by atoms with Crippen LogP contribution in [0.15, 0.2) is 24.5 Å². The van der Waals surface area contributed by atoms with Gasteiger partial charge in [0.15, 0.2) is 0 Å². The fourth-order valence-electron chi connectivity index (χ4n) is 2.30. The van der Waals surface area contributed by atoms with Gasteiger partial charge in [0, 0.05) is 24.8 Å². The molecule has 3 heterocycles. The first-order chi connectivity index (χ1) is 10.7. The zero-order valence-corrected chi connectivity index (χ0v) is 14.7. The maximum Gasteiger partial charge on any atom is 0.496 e. The molecule has 0 aromatic carbocycles. The standard InChI is InChI=1S/C15H20BClN4O2/c1-14(2)15(3,4)23-16(22-14)10-8-12(18-9-11(10)17)20-13-6-7-19-21(13)5/h6-9H,1-5H3,(H,18,20). The lowest BCUT2D eigenvalue weighted by atomic mass is 9.79. The number of halogens is 1. The average Bonchev–Trinajstić information content (AvgIpc) is 2.93. The summed E-state index contributed by atoms with van der Waals surface area (Å²) >= 11 is 6.31. The van der Waals surface area contributed by atoms with Crippen molar-refractivity contribution in [1.82, 2.24) is 14.8 Å². The van der Waals surface area contributed by atoms with E-state index in [1.54, 1.807) is 17.1 Å². The second-order valence-corrected chi connectivity index (χ2v) is 7.05. The third-order valence-corrected chi connectivity index (χ3v) is 4.79. The predicted molar refractivity (Wildman–Crippen MR) is 91.5 cm³/mol. The summed E-state index contributed by atoms with van der Waals surface area (Å²) < 4.78 is 13.9. The van der Waals surface area contributed by atoms with Crippen LogP contribution in [0.3, 0.4) is 0 Å². The summed E-state index contributed by atoms with van der Waals surface area (Å²) in [5.41, 5.74) is -0.0789. The molecule has 2 aromatic heterocycles. The first-order valence-electron chi connectivity index (χ1n) is 7.46. The number of aryl methyl sites for hydroxylation is 1. The lowest BCUT2D eigenvalue weighted by Crippen LogP contribution is -2.41. The molecule has 0 spiro atoms. The quantitative estimate of drug-likeness (QED) is 0.874. The Labute approximate surface area is 141 Å². The zero-order chi connectivity index (χ0) is 16.8.